The topological polar surface area (TPSA) is 87.9 Å². The van der Waals surface area contributed by atoms with Gasteiger partial charge in [-0.25, -0.2) is 4.68 Å². The molecule has 2 atom stereocenters. The largest absolute Gasteiger partial charge is 0.467 e. The van der Waals surface area contributed by atoms with Crippen molar-refractivity contribution in [2.24, 2.45) is 0 Å². The number of hydrogen-bond donors (Lipinski definition) is 3. The van der Waals surface area contributed by atoms with Gasteiger partial charge in [-0.05, 0) is 30.2 Å². The molecule has 0 unspecified atom stereocenters. The predicted molar refractivity (Wildman–Crippen MR) is 111 cm³/mol. The highest BCUT2D eigenvalue weighted by Gasteiger charge is 2.47. The lowest BCUT2D eigenvalue weighted by Crippen LogP contribution is -2.36. The van der Waals surface area contributed by atoms with Crippen LogP contribution in [0.15, 0.2) is 59.5 Å². The van der Waals surface area contributed by atoms with Crippen molar-refractivity contribution in [2.45, 2.75) is 31.1 Å². The van der Waals surface area contributed by atoms with Crippen LogP contribution < -0.4 is 10.6 Å². The molecule has 0 saturated heterocycles. The first-order valence-electron chi connectivity index (χ1n) is 10.2. The van der Waals surface area contributed by atoms with E-state index in [0.29, 0.717) is 18.7 Å². The maximum Gasteiger partial charge on any atom is 0.410 e. The summed E-state index contributed by atoms with van der Waals surface area (Å²) in [5.41, 5.74) is 2.12. The van der Waals surface area contributed by atoms with Gasteiger partial charge in [-0.2, -0.15) is 18.3 Å². The number of hydrogen-bond acceptors (Lipinski definition) is 4. The zero-order valence-electron chi connectivity index (χ0n) is 16.8. The van der Waals surface area contributed by atoms with Crippen molar-refractivity contribution in [1.29, 1.82) is 0 Å². The van der Waals surface area contributed by atoms with Crippen molar-refractivity contribution < 1.29 is 22.4 Å². The molecule has 3 N–H and O–H groups in total. The Bertz CT molecular complexity index is 1240. The van der Waals surface area contributed by atoms with Gasteiger partial charge in [0.1, 0.15) is 17.1 Å². The minimum Gasteiger partial charge on any atom is -0.467 e. The number of carbonyl (C=O) groups is 1. The van der Waals surface area contributed by atoms with E-state index in [0.717, 1.165) is 21.1 Å². The minimum absolute atomic E-state index is 0.0320. The summed E-state index contributed by atoms with van der Waals surface area (Å²) in [4.78, 5) is 16.0. The smallest absolute Gasteiger partial charge is 0.410 e. The third-order valence-electron chi connectivity index (χ3n) is 5.72. The van der Waals surface area contributed by atoms with Crippen LogP contribution in [-0.2, 0) is 6.42 Å². The first-order valence-corrected chi connectivity index (χ1v) is 10.2. The summed E-state index contributed by atoms with van der Waals surface area (Å²) in [6.07, 6.45) is 0.246. The van der Waals surface area contributed by atoms with Crippen LogP contribution in [0.1, 0.15) is 40.2 Å². The van der Waals surface area contributed by atoms with E-state index in [9.17, 15) is 18.0 Å². The number of halogens is 3. The molecular weight excluding hydrogens is 423 g/mol. The summed E-state index contributed by atoms with van der Waals surface area (Å²) in [6.45, 7) is 0.329. The van der Waals surface area contributed by atoms with Crippen molar-refractivity contribution in [3.05, 3.63) is 71.9 Å². The number of anilines is 1. The average Bonchev–Trinajstić information content (AvgIpc) is 3.52. The number of para-hydroxylation sites is 1. The number of aromatic nitrogens is 3. The van der Waals surface area contributed by atoms with Crippen LogP contribution in [0.5, 0.6) is 0 Å². The lowest BCUT2D eigenvalue weighted by Gasteiger charge is -2.32. The molecule has 3 aromatic heterocycles. The van der Waals surface area contributed by atoms with Gasteiger partial charge in [0.15, 0.2) is 6.04 Å². The van der Waals surface area contributed by atoms with E-state index >= 15 is 0 Å². The molecule has 4 aromatic rings. The molecular formula is C22H20F3N5O2. The third kappa shape index (κ3) is 3.61. The van der Waals surface area contributed by atoms with Crippen molar-refractivity contribution >= 4 is 22.6 Å². The van der Waals surface area contributed by atoms with Gasteiger partial charge in [0, 0.05) is 30.1 Å². The minimum atomic E-state index is -4.52. The molecule has 1 aliphatic rings. The molecule has 0 radical (unpaired) electrons. The van der Waals surface area contributed by atoms with Gasteiger partial charge >= 0.3 is 6.18 Å². The van der Waals surface area contributed by atoms with Crippen LogP contribution in [0.2, 0.25) is 0 Å². The Morgan fingerprint density at radius 3 is 2.88 bits per heavy atom. The highest BCUT2D eigenvalue weighted by molar-refractivity contribution is 5.99. The lowest BCUT2D eigenvalue weighted by molar-refractivity contribution is -0.174. The van der Waals surface area contributed by atoms with E-state index in [1.165, 1.54) is 12.5 Å². The first-order chi connectivity index (χ1) is 15.4. The molecule has 1 aliphatic heterocycles. The maximum atomic E-state index is 13.7. The monoisotopic (exact) mass is 443 g/mol. The maximum absolute atomic E-state index is 13.7. The number of H-pyrrole nitrogens is 1. The van der Waals surface area contributed by atoms with Crippen LogP contribution in [0, 0.1) is 0 Å². The Kier molecular flexibility index (Phi) is 4.91. The molecule has 0 saturated carbocycles. The molecule has 4 heterocycles. The summed E-state index contributed by atoms with van der Waals surface area (Å²) in [7, 11) is 0. The van der Waals surface area contributed by atoms with Gasteiger partial charge in [-0.1, -0.05) is 18.2 Å². The molecule has 166 valence electrons. The SMILES string of the molecule is O=C(NCCc1c[nH]c2ccccc12)c1cnn2c1N[C@H](c1ccco1)C[C@H]2C(F)(F)F. The Morgan fingerprint density at radius 1 is 1.25 bits per heavy atom. The Morgan fingerprint density at radius 2 is 2.09 bits per heavy atom. The molecule has 1 amide bonds. The molecule has 0 fully saturated rings. The van der Waals surface area contributed by atoms with Gasteiger partial charge in [0.25, 0.3) is 5.91 Å². The van der Waals surface area contributed by atoms with Crippen LogP contribution in [0.25, 0.3) is 10.9 Å². The van der Waals surface area contributed by atoms with Crippen molar-refractivity contribution in [3.63, 3.8) is 0 Å². The molecule has 7 nitrogen and oxygen atoms in total. The highest BCUT2D eigenvalue weighted by atomic mass is 19.4. The Balaban J connectivity index is 1.34. The number of aromatic amines is 1. The Labute approximate surface area is 180 Å². The molecule has 32 heavy (non-hydrogen) atoms. The molecule has 0 aliphatic carbocycles. The number of amides is 1. The van der Waals surface area contributed by atoms with Gasteiger partial charge < -0.3 is 20.0 Å². The summed E-state index contributed by atoms with van der Waals surface area (Å²) in [5, 5.41) is 10.7. The number of benzene rings is 1. The molecule has 0 spiro atoms. The number of rotatable bonds is 5. The van der Waals surface area contributed by atoms with Gasteiger partial charge in [-0.3, -0.25) is 4.79 Å². The standard InChI is InChI=1S/C22H20F3N5O2/c23-22(24,25)19-10-17(18-6-3-9-32-18)29-20-15(12-28-30(19)20)21(31)26-8-7-13-11-27-16-5-2-1-4-14(13)16/h1-6,9,11-12,17,19,27,29H,7-8,10H2,(H,26,31)/t17-,19-/m0/s1. The summed E-state index contributed by atoms with van der Waals surface area (Å²) >= 11 is 0. The Hall–Kier alpha value is -3.69. The molecule has 5 rings (SSSR count). The van der Waals surface area contributed by atoms with E-state index in [4.69, 9.17) is 4.42 Å². The molecule has 0 bridgehead atoms. The van der Waals surface area contributed by atoms with Crippen LogP contribution in [0.3, 0.4) is 0 Å². The molecule has 1 aromatic carbocycles. The van der Waals surface area contributed by atoms with Crippen LogP contribution in [-0.4, -0.2) is 33.4 Å². The van der Waals surface area contributed by atoms with Crippen LogP contribution >= 0.6 is 0 Å². The van der Waals surface area contributed by atoms with E-state index in [1.54, 1.807) is 12.1 Å². The van der Waals surface area contributed by atoms with Gasteiger partial charge in [0.05, 0.1) is 18.5 Å². The fraction of sp³-hybridized carbons (Fsp3) is 0.273. The second-order valence-electron chi connectivity index (χ2n) is 7.72. The molecule has 10 heteroatoms. The zero-order chi connectivity index (χ0) is 22.3. The summed E-state index contributed by atoms with van der Waals surface area (Å²) in [6, 6.07) is 8.48. The number of fused-ring (bicyclic) bond motifs is 2. The fourth-order valence-electron chi connectivity index (χ4n) is 4.15. The van der Waals surface area contributed by atoms with Gasteiger partial charge in [-0.15, -0.1) is 0 Å². The summed E-state index contributed by atoms with van der Waals surface area (Å²) in [5.74, 6) is -0.0819. The van der Waals surface area contributed by atoms with Crippen molar-refractivity contribution in [1.82, 2.24) is 20.1 Å². The quantitative estimate of drug-likeness (QED) is 0.421. The van der Waals surface area contributed by atoms with E-state index < -0.39 is 24.2 Å². The second-order valence-corrected chi connectivity index (χ2v) is 7.72. The number of alkyl halides is 3. The first kappa shape index (κ1) is 20.2. The van der Waals surface area contributed by atoms with Crippen molar-refractivity contribution in [2.75, 3.05) is 11.9 Å². The summed E-state index contributed by atoms with van der Waals surface area (Å²) < 4.78 is 47.3. The second kappa shape index (κ2) is 7.77. The lowest BCUT2D eigenvalue weighted by atomic mass is 10.0. The predicted octanol–water partition coefficient (Wildman–Crippen LogP) is 4.59. The van der Waals surface area contributed by atoms with Gasteiger partial charge in [0.2, 0.25) is 0 Å². The number of nitrogens with zero attached hydrogens (tertiary/aromatic N) is 2. The normalized spacial score (nSPS) is 18.3. The average molecular weight is 443 g/mol. The van der Waals surface area contributed by atoms with E-state index in [-0.39, 0.29) is 17.8 Å². The highest BCUT2D eigenvalue weighted by Crippen LogP contribution is 2.44. The zero-order valence-corrected chi connectivity index (χ0v) is 16.8. The fourth-order valence-corrected chi connectivity index (χ4v) is 4.15. The van der Waals surface area contributed by atoms with Crippen molar-refractivity contribution in [3.8, 4) is 0 Å². The third-order valence-corrected chi connectivity index (χ3v) is 5.72. The number of nitrogens with one attached hydrogen (secondary N) is 3. The number of carbonyl (C=O) groups excluding carboxylic acids is 1. The van der Waals surface area contributed by atoms with Crippen LogP contribution in [0.4, 0.5) is 19.0 Å². The number of furan rings is 1. The van der Waals surface area contributed by atoms with E-state index in [2.05, 4.69) is 20.7 Å². The van der Waals surface area contributed by atoms with E-state index in [1.807, 2.05) is 30.5 Å².